The van der Waals surface area contributed by atoms with E-state index in [1.807, 2.05) is 0 Å². The number of nitrogens with two attached hydrogens (primary N) is 1. The summed E-state index contributed by atoms with van der Waals surface area (Å²) in [6, 6.07) is 1.12. The number of aliphatic hydroxyl groups excluding tert-OH is 2. The molecule has 0 bridgehead atoms. The average Bonchev–Trinajstić information content (AvgIpc) is 2.80. The van der Waals surface area contributed by atoms with Crippen molar-refractivity contribution in [2.75, 3.05) is 28.2 Å². The summed E-state index contributed by atoms with van der Waals surface area (Å²) in [4.78, 5) is 66.6. The van der Waals surface area contributed by atoms with Crippen molar-refractivity contribution in [2.24, 2.45) is 17.6 Å². The largest absolute Gasteiger partial charge is 0.508 e. The number of amides is 2. The first-order valence-corrected chi connectivity index (χ1v) is 11.4. The molecule has 1 saturated carbocycles. The first-order valence-electron chi connectivity index (χ1n) is 11.4. The molecule has 1 aromatic rings. The number of phenolic OH excluding ortho intramolecular Hbond substituents is 1. The number of fused-ring (bicyclic) bond motifs is 3. The third kappa shape index (κ3) is 3.47. The molecule has 0 heterocycles. The number of aromatic hydroxyl groups is 1. The van der Waals surface area contributed by atoms with Crippen LogP contribution in [0.5, 0.6) is 5.75 Å². The molecule has 196 valence electrons. The van der Waals surface area contributed by atoms with Crippen LogP contribution in [0, 0.1) is 11.8 Å². The van der Waals surface area contributed by atoms with Crippen LogP contribution < -0.4 is 5.73 Å². The molecular weight excluding hydrogens is 486 g/mol. The third-order valence-corrected chi connectivity index (χ3v) is 7.45. The van der Waals surface area contributed by atoms with Crippen molar-refractivity contribution in [3.63, 3.8) is 0 Å². The van der Waals surface area contributed by atoms with E-state index < -0.39 is 75.5 Å². The van der Waals surface area contributed by atoms with Crippen LogP contribution in [0.3, 0.4) is 0 Å². The predicted octanol–water partition coefficient (Wildman–Crippen LogP) is -0.765. The maximum atomic E-state index is 13.8. The number of carbonyl (C=O) groups is 5. The molecule has 0 aromatic heterocycles. The van der Waals surface area contributed by atoms with Crippen LogP contribution in [0.4, 0.5) is 0 Å². The molecule has 0 saturated heterocycles. The van der Waals surface area contributed by atoms with E-state index in [0.717, 1.165) is 11.0 Å². The van der Waals surface area contributed by atoms with E-state index in [-0.39, 0.29) is 35.1 Å². The summed E-state index contributed by atoms with van der Waals surface area (Å²) in [5, 5.41) is 44.1. The maximum Gasteiger partial charge on any atom is 0.294 e. The zero-order chi connectivity index (χ0) is 27.7. The minimum Gasteiger partial charge on any atom is -0.508 e. The number of hydrogen-bond acceptors (Lipinski definition) is 10. The van der Waals surface area contributed by atoms with Crippen LogP contribution in [-0.2, 0) is 25.6 Å². The van der Waals surface area contributed by atoms with Gasteiger partial charge in [0.05, 0.1) is 11.6 Å². The molecular formula is C25H27N3O9. The van der Waals surface area contributed by atoms with Crippen LogP contribution >= 0.6 is 0 Å². The average molecular weight is 514 g/mol. The van der Waals surface area contributed by atoms with Gasteiger partial charge in [0.1, 0.15) is 22.8 Å². The lowest BCUT2D eigenvalue weighted by Gasteiger charge is -2.50. The van der Waals surface area contributed by atoms with Gasteiger partial charge in [0, 0.05) is 31.1 Å². The summed E-state index contributed by atoms with van der Waals surface area (Å²) in [5.74, 6) is -9.57. The minimum atomic E-state index is -2.76. The SMILES string of the molecule is CN(C)C(=O)C(=O)c1ccc(O)c2c1C[C@H]1C[C@H]3C(N(C)C)C(=O)C(C(N)=O)=C(O)[C@@]3(O)C(=O)C1=C2O. The lowest BCUT2D eigenvalue weighted by molar-refractivity contribution is -0.153. The number of carbonyl (C=O) groups excluding carboxylic acids is 5. The second-order valence-electron chi connectivity index (χ2n) is 9.98. The van der Waals surface area contributed by atoms with E-state index in [1.165, 1.54) is 39.2 Å². The molecule has 1 fully saturated rings. The molecule has 3 aliphatic carbocycles. The van der Waals surface area contributed by atoms with Crippen molar-refractivity contribution in [1.82, 2.24) is 9.80 Å². The van der Waals surface area contributed by atoms with E-state index in [2.05, 4.69) is 0 Å². The standard InChI is InChI=1S/C25H27N3O9/c1-27(2)17-12-8-9-7-11-10(18(30)24(36)28(3)4)5-6-13(29)15(11)19(31)14(9)21(33)25(12,37)22(34)16(20(17)32)23(26)35/h5-6,9,12,17,29,31,34,37H,7-8H2,1-4H3,(H2,26,35)/t9-,12-,17?,25-/m0/s1. The summed E-state index contributed by atoms with van der Waals surface area (Å²) < 4.78 is 0. The summed E-state index contributed by atoms with van der Waals surface area (Å²) in [5.41, 5.74) is 1.09. The number of ketones is 3. The van der Waals surface area contributed by atoms with Crippen molar-refractivity contribution in [1.29, 1.82) is 0 Å². The smallest absolute Gasteiger partial charge is 0.294 e. The molecule has 0 radical (unpaired) electrons. The molecule has 3 aliphatic rings. The second-order valence-corrected chi connectivity index (χ2v) is 9.98. The van der Waals surface area contributed by atoms with Crippen molar-refractivity contribution in [3.05, 3.63) is 45.7 Å². The first-order chi connectivity index (χ1) is 17.2. The summed E-state index contributed by atoms with van der Waals surface area (Å²) in [6.07, 6.45) is -0.221. The van der Waals surface area contributed by atoms with Crippen LogP contribution in [0.15, 0.2) is 29.0 Å². The molecule has 1 unspecified atom stereocenters. The zero-order valence-corrected chi connectivity index (χ0v) is 20.6. The molecule has 6 N–H and O–H groups in total. The third-order valence-electron chi connectivity index (χ3n) is 7.45. The monoisotopic (exact) mass is 513 g/mol. The van der Waals surface area contributed by atoms with Gasteiger partial charge in [0.15, 0.2) is 11.4 Å². The number of benzene rings is 1. The topological polar surface area (TPSA) is 199 Å². The van der Waals surface area contributed by atoms with Crippen LogP contribution in [0.1, 0.15) is 27.9 Å². The Hall–Kier alpha value is -4.03. The van der Waals surface area contributed by atoms with Gasteiger partial charge < -0.3 is 31.1 Å². The normalized spacial score (nSPS) is 27.0. The summed E-state index contributed by atoms with van der Waals surface area (Å²) >= 11 is 0. The van der Waals surface area contributed by atoms with Crippen LogP contribution in [-0.4, -0.2) is 99.2 Å². The number of rotatable bonds is 4. The predicted molar refractivity (Wildman–Crippen MR) is 127 cm³/mol. The lowest BCUT2D eigenvalue weighted by Crippen LogP contribution is -2.65. The Morgan fingerprint density at radius 2 is 1.68 bits per heavy atom. The minimum absolute atomic E-state index is 0.0759. The molecule has 12 nitrogen and oxygen atoms in total. The molecule has 2 amide bonds. The van der Waals surface area contributed by atoms with Gasteiger partial charge in [0.2, 0.25) is 5.78 Å². The molecule has 1 aromatic carbocycles. The number of Topliss-reactive ketones (excluding diaryl/α,β-unsaturated/α-hetero) is 3. The Morgan fingerprint density at radius 3 is 2.22 bits per heavy atom. The number of aliphatic hydroxyl groups is 3. The molecule has 4 rings (SSSR count). The Kier molecular flexibility index (Phi) is 6.00. The van der Waals surface area contributed by atoms with Crippen molar-refractivity contribution in [3.8, 4) is 5.75 Å². The van der Waals surface area contributed by atoms with Gasteiger partial charge >= 0.3 is 0 Å². The van der Waals surface area contributed by atoms with Gasteiger partial charge in [-0.1, -0.05) is 0 Å². The van der Waals surface area contributed by atoms with Gasteiger partial charge in [-0.3, -0.25) is 28.9 Å². The van der Waals surface area contributed by atoms with E-state index >= 15 is 0 Å². The Morgan fingerprint density at radius 1 is 1.05 bits per heavy atom. The van der Waals surface area contributed by atoms with Gasteiger partial charge in [-0.15, -0.1) is 0 Å². The van der Waals surface area contributed by atoms with Crippen LogP contribution in [0.25, 0.3) is 5.76 Å². The van der Waals surface area contributed by atoms with Crippen molar-refractivity contribution >= 4 is 34.9 Å². The van der Waals surface area contributed by atoms with E-state index in [4.69, 9.17) is 5.73 Å². The van der Waals surface area contributed by atoms with Gasteiger partial charge in [-0.2, -0.15) is 0 Å². The number of primary amides is 1. The Balaban J connectivity index is 1.96. The highest BCUT2D eigenvalue weighted by atomic mass is 16.3. The summed E-state index contributed by atoms with van der Waals surface area (Å²) in [7, 11) is 5.78. The van der Waals surface area contributed by atoms with Crippen molar-refractivity contribution in [2.45, 2.75) is 24.5 Å². The molecule has 4 atom stereocenters. The number of likely N-dealkylation sites (N-methyl/N-ethyl adjacent to an activating group) is 2. The fourth-order valence-corrected chi connectivity index (χ4v) is 5.78. The Bertz CT molecular complexity index is 1360. The molecule has 37 heavy (non-hydrogen) atoms. The molecule has 12 heteroatoms. The fourth-order valence-electron chi connectivity index (χ4n) is 5.78. The van der Waals surface area contributed by atoms with E-state index in [0.29, 0.717) is 0 Å². The lowest BCUT2D eigenvalue weighted by atomic mass is 9.57. The van der Waals surface area contributed by atoms with E-state index in [9.17, 15) is 44.4 Å². The van der Waals surface area contributed by atoms with Gasteiger partial charge in [0.25, 0.3) is 17.6 Å². The maximum absolute atomic E-state index is 13.8. The fraction of sp³-hybridized carbons (Fsp3) is 0.400. The number of hydrogen-bond donors (Lipinski definition) is 5. The molecule has 0 aliphatic heterocycles. The zero-order valence-electron chi connectivity index (χ0n) is 20.6. The first kappa shape index (κ1) is 26.0. The number of nitrogens with zero attached hydrogens (tertiary/aromatic N) is 2. The highest BCUT2D eigenvalue weighted by molar-refractivity contribution is 6.43. The van der Waals surface area contributed by atoms with Gasteiger partial charge in [-0.05, 0) is 50.6 Å². The van der Waals surface area contributed by atoms with Crippen LogP contribution in [0.2, 0.25) is 0 Å². The highest BCUT2D eigenvalue weighted by Crippen LogP contribution is 2.52. The van der Waals surface area contributed by atoms with Crippen molar-refractivity contribution < 1.29 is 44.4 Å². The van der Waals surface area contributed by atoms with Gasteiger partial charge in [-0.25, -0.2) is 0 Å². The Labute approximate surface area is 211 Å². The second kappa shape index (κ2) is 8.53. The van der Waals surface area contributed by atoms with E-state index in [1.54, 1.807) is 0 Å². The number of phenols is 1. The molecule has 0 spiro atoms. The highest BCUT2D eigenvalue weighted by Gasteiger charge is 2.64. The summed E-state index contributed by atoms with van der Waals surface area (Å²) in [6.45, 7) is 0. The quantitative estimate of drug-likeness (QED) is 0.194.